The summed E-state index contributed by atoms with van der Waals surface area (Å²) in [6.45, 7) is 2.20. The minimum atomic E-state index is 0.00457. The van der Waals surface area contributed by atoms with Crippen molar-refractivity contribution >= 4 is 22.4 Å². The first-order valence-electron chi connectivity index (χ1n) is 9.29. The van der Waals surface area contributed by atoms with Gasteiger partial charge in [-0.25, -0.2) is 4.79 Å². The quantitative estimate of drug-likeness (QED) is 0.687. The van der Waals surface area contributed by atoms with Gasteiger partial charge in [0.2, 0.25) is 0 Å². The Hall–Kier alpha value is -2.49. The van der Waals surface area contributed by atoms with E-state index in [1.807, 2.05) is 47.0 Å². The molecule has 1 saturated carbocycles. The number of rotatable bonds is 4. The summed E-state index contributed by atoms with van der Waals surface area (Å²) in [4.78, 5) is 15.6. The molecule has 0 bridgehead atoms. The monoisotopic (exact) mass is 335 g/mol. The number of aromatic nitrogens is 2. The van der Waals surface area contributed by atoms with Crippen molar-refractivity contribution < 1.29 is 0 Å². The number of benzene rings is 2. The van der Waals surface area contributed by atoms with Gasteiger partial charge >= 0.3 is 5.69 Å². The fraction of sp³-hybridized carbons (Fsp3) is 0.381. The molecule has 0 aliphatic heterocycles. The molecule has 3 aromatic rings. The van der Waals surface area contributed by atoms with Crippen LogP contribution in [0.4, 0.5) is 11.4 Å². The van der Waals surface area contributed by atoms with Gasteiger partial charge in [0, 0.05) is 17.4 Å². The zero-order chi connectivity index (χ0) is 17.2. The summed E-state index contributed by atoms with van der Waals surface area (Å²) in [5.74, 6) is 0.604. The van der Waals surface area contributed by atoms with Crippen LogP contribution in [-0.2, 0) is 0 Å². The highest BCUT2D eigenvalue weighted by Gasteiger charge is 2.24. The summed E-state index contributed by atoms with van der Waals surface area (Å²) in [5.41, 5.74) is 3.93. The first-order valence-corrected chi connectivity index (χ1v) is 9.29. The number of hydrogen-bond donors (Lipinski definition) is 2. The molecule has 0 amide bonds. The lowest BCUT2D eigenvalue weighted by Crippen LogP contribution is -2.27. The highest BCUT2D eigenvalue weighted by Crippen LogP contribution is 2.33. The maximum Gasteiger partial charge on any atom is 0.326 e. The fourth-order valence-electron chi connectivity index (χ4n) is 4.13. The summed E-state index contributed by atoms with van der Waals surface area (Å²) in [6, 6.07) is 16.4. The molecule has 4 rings (SSSR count). The van der Waals surface area contributed by atoms with Crippen molar-refractivity contribution in [1.82, 2.24) is 9.55 Å². The zero-order valence-corrected chi connectivity index (χ0v) is 14.7. The molecule has 0 spiro atoms. The number of hydrogen-bond acceptors (Lipinski definition) is 2. The Morgan fingerprint density at radius 2 is 1.80 bits per heavy atom. The molecule has 1 aliphatic rings. The highest BCUT2D eigenvalue weighted by atomic mass is 16.1. The van der Waals surface area contributed by atoms with Crippen molar-refractivity contribution in [2.45, 2.75) is 45.1 Å². The number of aromatic amines is 1. The van der Waals surface area contributed by atoms with E-state index in [1.54, 1.807) is 0 Å². The van der Waals surface area contributed by atoms with E-state index in [0.717, 1.165) is 22.4 Å². The standard InChI is InChI=1S/C21H25N3O/c1-15(16-8-4-2-5-9-16)24-20-13-12-18(14-19(20)23-21(24)25)22-17-10-6-3-7-11-17/h3,6-7,10-16,22H,2,4-5,8-9H2,1H3,(H,23,25). The van der Waals surface area contributed by atoms with Crippen molar-refractivity contribution in [1.29, 1.82) is 0 Å². The van der Waals surface area contributed by atoms with Crippen LogP contribution in [-0.4, -0.2) is 9.55 Å². The topological polar surface area (TPSA) is 49.8 Å². The van der Waals surface area contributed by atoms with E-state index in [2.05, 4.69) is 23.3 Å². The van der Waals surface area contributed by atoms with E-state index >= 15 is 0 Å². The molecule has 0 radical (unpaired) electrons. The Kier molecular flexibility index (Phi) is 4.35. The Bertz CT molecular complexity index is 904. The van der Waals surface area contributed by atoms with E-state index < -0.39 is 0 Å². The second kappa shape index (κ2) is 6.79. The van der Waals surface area contributed by atoms with Crippen LogP contribution in [0.15, 0.2) is 53.3 Å². The summed E-state index contributed by atoms with van der Waals surface area (Å²) < 4.78 is 1.96. The molecule has 1 heterocycles. The van der Waals surface area contributed by atoms with E-state index in [4.69, 9.17) is 0 Å². The van der Waals surface area contributed by atoms with Gasteiger partial charge in [-0.3, -0.25) is 4.57 Å². The summed E-state index contributed by atoms with van der Waals surface area (Å²) in [7, 11) is 0. The van der Waals surface area contributed by atoms with Gasteiger partial charge in [-0.1, -0.05) is 37.5 Å². The maximum atomic E-state index is 12.6. The molecule has 1 atom stereocenters. The number of anilines is 2. The molecule has 0 saturated heterocycles. The molecule has 130 valence electrons. The van der Waals surface area contributed by atoms with E-state index in [9.17, 15) is 4.79 Å². The molecule has 1 unspecified atom stereocenters. The van der Waals surface area contributed by atoms with E-state index in [0.29, 0.717) is 5.92 Å². The highest BCUT2D eigenvalue weighted by molar-refractivity contribution is 5.81. The van der Waals surface area contributed by atoms with Crippen molar-refractivity contribution in [3.63, 3.8) is 0 Å². The van der Waals surface area contributed by atoms with Crippen LogP contribution in [0.1, 0.15) is 45.1 Å². The van der Waals surface area contributed by atoms with Crippen LogP contribution in [0.25, 0.3) is 11.0 Å². The minimum Gasteiger partial charge on any atom is -0.355 e. The maximum absolute atomic E-state index is 12.6. The van der Waals surface area contributed by atoms with Crippen molar-refractivity contribution in [2.75, 3.05) is 5.32 Å². The number of para-hydroxylation sites is 1. The lowest BCUT2D eigenvalue weighted by Gasteiger charge is -2.28. The lowest BCUT2D eigenvalue weighted by molar-refractivity contribution is 0.264. The minimum absolute atomic E-state index is 0.00457. The number of nitrogens with zero attached hydrogens (tertiary/aromatic N) is 1. The fourth-order valence-corrected chi connectivity index (χ4v) is 4.13. The van der Waals surface area contributed by atoms with Gasteiger partial charge in [0.05, 0.1) is 11.0 Å². The third-order valence-corrected chi connectivity index (χ3v) is 5.52. The Balaban J connectivity index is 1.65. The second-order valence-corrected chi connectivity index (χ2v) is 7.16. The average molecular weight is 335 g/mol. The molecule has 2 aromatic carbocycles. The largest absolute Gasteiger partial charge is 0.355 e. The molecular weight excluding hydrogens is 310 g/mol. The zero-order valence-electron chi connectivity index (χ0n) is 14.7. The van der Waals surface area contributed by atoms with Crippen molar-refractivity contribution in [3.05, 3.63) is 59.0 Å². The van der Waals surface area contributed by atoms with Crippen LogP contribution in [0, 0.1) is 5.92 Å². The smallest absolute Gasteiger partial charge is 0.326 e. The SMILES string of the molecule is CC(C1CCCCC1)n1c(=O)[nH]c2cc(Nc3ccccc3)ccc21. The van der Waals surface area contributed by atoms with Crippen molar-refractivity contribution in [3.8, 4) is 0 Å². The van der Waals surface area contributed by atoms with Crippen LogP contribution in [0.2, 0.25) is 0 Å². The summed E-state index contributed by atoms with van der Waals surface area (Å²) in [6.07, 6.45) is 6.37. The molecule has 25 heavy (non-hydrogen) atoms. The van der Waals surface area contributed by atoms with Crippen LogP contribution >= 0.6 is 0 Å². The molecular formula is C21H25N3O. The Labute approximate surface area is 147 Å². The number of H-pyrrole nitrogens is 1. The normalized spacial score (nSPS) is 16.8. The Morgan fingerprint density at radius 3 is 2.56 bits per heavy atom. The van der Waals surface area contributed by atoms with Gasteiger partial charge in [-0.05, 0) is 56.0 Å². The predicted octanol–water partition coefficient (Wildman–Crippen LogP) is 5.21. The summed E-state index contributed by atoms with van der Waals surface area (Å²) >= 11 is 0. The Morgan fingerprint density at radius 1 is 1.04 bits per heavy atom. The van der Waals surface area contributed by atoms with Gasteiger partial charge in [-0.2, -0.15) is 0 Å². The molecule has 1 aliphatic carbocycles. The first-order chi connectivity index (χ1) is 12.2. The van der Waals surface area contributed by atoms with Crippen LogP contribution < -0.4 is 11.0 Å². The van der Waals surface area contributed by atoms with Gasteiger partial charge in [0.1, 0.15) is 0 Å². The molecule has 1 fully saturated rings. The molecule has 4 heteroatoms. The number of fused-ring (bicyclic) bond motifs is 1. The van der Waals surface area contributed by atoms with Crippen LogP contribution in [0.3, 0.4) is 0 Å². The van der Waals surface area contributed by atoms with Gasteiger partial charge in [0.15, 0.2) is 0 Å². The lowest BCUT2D eigenvalue weighted by atomic mass is 9.84. The molecule has 4 nitrogen and oxygen atoms in total. The molecule has 2 N–H and O–H groups in total. The summed E-state index contributed by atoms with van der Waals surface area (Å²) in [5, 5.41) is 3.39. The van der Waals surface area contributed by atoms with E-state index in [-0.39, 0.29) is 11.7 Å². The number of nitrogens with one attached hydrogen (secondary N) is 2. The average Bonchev–Trinajstić information content (AvgIpc) is 2.97. The van der Waals surface area contributed by atoms with E-state index in [1.165, 1.54) is 32.1 Å². The van der Waals surface area contributed by atoms with Crippen LogP contribution in [0.5, 0.6) is 0 Å². The second-order valence-electron chi connectivity index (χ2n) is 7.16. The van der Waals surface area contributed by atoms with Crippen molar-refractivity contribution in [2.24, 2.45) is 5.92 Å². The van der Waals surface area contributed by atoms with Gasteiger partial charge in [-0.15, -0.1) is 0 Å². The first kappa shape index (κ1) is 16.0. The van der Waals surface area contributed by atoms with Gasteiger partial charge in [0.25, 0.3) is 0 Å². The van der Waals surface area contributed by atoms with Gasteiger partial charge < -0.3 is 10.3 Å². The third kappa shape index (κ3) is 3.21. The third-order valence-electron chi connectivity index (χ3n) is 5.52. The number of imidazole rings is 1. The molecule has 1 aromatic heterocycles. The predicted molar refractivity (Wildman–Crippen MR) is 104 cm³/mol.